The third-order valence-electron chi connectivity index (χ3n) is 2.82. The van der Waals surface area contributed by atoms with E-state index in [0.717, 1.165) is 11.1 Å². The first-order valence-electron chi connectivity index (χ1n) is 6.01. The molecule has 2 aromatic carbocycles. The fourth-order valence-electron chi connectivity index (χ4n) is 1.74. The molecule has 0 aliphatic carbocycles. The zero-order valence-corrected chi connectivity index (χ0v) is 12.2. The number of ketones is 1. The van der Waals surface area contributed by atoms with Gasteiger partial charge >= 0.3 is 0 Å². The summed E-state index contributed by atoms with van der Waals surface area (Å²) in [6.45, 7) is 3.44. The van der Waals surface area contributed by atoms with Gasteiger partial charge in [0.1, 0.15) is 0 Å². The van der Waals surface area contributed by atoms with Crippen LogP contribution in [0.25, 0.3) is 12.2 Å². The SMILES string of the molecule is C=CC(=O)c1ccc(C=Cc2ccccc2)c(Cl)c1Cl. The molecule has 0 unspecified atom stereocenters. The van der Waals surface area contributed by atoms with E-state index in [1.807, 2.05) is 42.5 Å². The van der Waals surface area contributed by atoms with Gasteiger partial charge in [-0.25, -0.2) is 0 Å². The molecular weight excluding hydrogens is 291 g/mol. The van der Waals surface area contributed by atoms with Crippen LogP contribution < -0.4 is 0 Å². The van der Waals surface area contributed by atoms with Gasteiger partial charge in [-0.15, -0.1) is 0 Å². The first kappa shape index (κ1) is 14.6. The molecule has 0 bridgehead atoms. The highest BCUT2D eigenvalue weighted by Crippen LogP contribution is 2.31. The summed E-state index contributed by atoms with van der Waals surface area (Å²) in [5.74, 6) is -0.240. The van der Waals surface area contributed by atoms with Crippen LogP contribution in [-0.2, 0) is 0 Å². The molecular formula is C17H12Cl2O. The molecule has 0 radical (unpaired) electrons. The van der Waals surface area contributed by atoms with E-state index >= 15 is 0 Å². The first-order chi connectivity index (χ1) is 9.63. The molecule has 0 aliphatic heterocycles. The van der Waals surface area contributed by atoms with Crippen LogP contribution in [0.15, 0.2) is 55.1 Å². The highest BCUT2D eigenvalue weighted by atomic mass is 35.5. The Labute approximate surface area is 128 Å². The second-order valence-corrected chi connectivity index (χ2v) is 4.90. The van der Waals surface area contributed by atoms with E-state index < -0.39 is 0 Å². The maximum Gasteiger partial charge on any atom is 0.186 e. The molecule has 2 rings (SSSR count). The van der Waals surface area contributed by atoms with E-state index in [9.17, 15) is 4.79 Å². The molecule has 0 heterocycles. The number of allylic oxidation sites excluding steroid dienone is 1. The second-order valence-electron chi connectivity index (χ2n) is 4.14. The average molecular weight is 303 g/mol. The summed E-state index contributed by atoms with van der Waals surface area (Å²) >= 11 is 12.3. The van der Waals surface area contributed by atoms with Crippen molar-refractivity contribution in [3.8, 4) is 0 Å². The lowest BCUT2D eigenvalue weighted by molar-refractivity contribution is 0.104. The van der Waals surface area contributed by atoms with Crippen molar-refractivity contribution in [3.63, 3.8) is 0 Å². The molecule has 0 saturated carbocycles. The number of carbonyl (C=O) groups excluding carboxylic acids is 1. The van der Waals surface area contributed by atoms with Gasteiger partial charge in [-0.3, -0.25) is 4.79 Å². The lowest BCUT2D eigenvalue weighted by atomic mass is 10.1. The van der Waals surface area contributed by atoms with Gasteiger partial charge in [0.05, 0.1) is 10.0 Å². The zero-order valence-electron chi connectivity index (χ0n) is 10.6. The minimum atomic E-state index is -0.240. The minimum Gasteiger partial charge on any atom is -0.289 e. The number of rotatable bonds is 4. The van der Waals surface area contributed by atoms with Crippen molar-refractivity contribution < 1.29 is 4.79 Å². The van der Waals surface area contributed by atoms with Gasteiger partial charge in [-0.1, -0.05) is 78.3 Å². The Morgan fingerprint density at radius 2 is 1.65 bits per heavy atom. The fraction of sp³-hybridized carbons (Fsp3) is 0. The van der Waals surface area contributed by atoms with Crippen molar-refractivity contribution in [1.82, 2.24) is 0 Å². The van der Waals surface area contributed by atoms with Crippen molar-refractivity contribution >= 4 is 41.1 Å². The Balaban J connectivity index is 2.35. The predicted octanol–water partition coefficient (Wildman–Crippen LogP) is 5.53. The Morgan fingerprint density at radius 1 is 0.950 bits per heavy atom. The van der Waals surface area contributed by atoms with Gasteiger partial charge < -0.3 is 0 Å². The summed E-state index contributed by atoms with van der Waals surface area (Å²) in [5.41, 5.74) is 2.19. The van der Waals surface area contributed by atoms with Gasteiger partial charge in [-0.05, 0) is 23.3 Å². The van der Waals surface area contributed by atoms with E-state index in [4.69, 9.17) is 23.2 Å². The number of benzene rings is 2. The second kappa shape index (κ2) is 6.56. The van der Waals surface area contributed by atoms with E-state index in [1.54, 1.807) is 12.1 Å². The molecule has 0 aliphatic rings. The number of carbonyl (C=O) groups is 1. The molecule has 0 N–H and O–H groups in total. The third kappa shape index (κ3) is 3.19. The van der Waals surface area contributed by atoms with E-state index in [2.05, 4.69) is 6.58 Å². The Kier molecular flexibility index (Phi) is 4.78. The number of halogens is 2. The number of hydrogen-bond donors (Lipinski definition) is 0. The van der Waals surface area contributed by atoms with Crippen LogP contribution in [0.5, 0.6) is 0 Å². The van der Waals surface area contributed by atoms with Gasteiger partial charge in [0.25, 0.3) is 0 Å². The van der Waals surface area contributed by atoms with Crippen molar-refractivity contribution in [1.29, 1.82) is 0 Å². The van der Waals surface area contributed by atoms with Crippen LogP contribution in [0.3, 0.4) is 0 Å². The van der Waals surface area contributed by atoms with Crippen LogP contribution in [0.4, 0.5) is 0 Å². The Morgan fingerprint density at radius 3 is 2.30 bits per heavy atom. The fourth-order valence-corrected chi connectivity index (χ4v) is 2.24. The number of hydrogen-bond acceptors (Lipinski definition) is 1. The maximum absolute atomic E-state index is 11.6. The lowest BCUT2D eigenvalue weighted by Gasteiger charge is -2.05. The standard InChI is InChI=1S/C17H12Cl2O/c1-2-15(20)14-11-10-13(16(18)17(14)19)9-8-12-6-4-3-5-7-12/h2-11H,1H2. The van der Waals surface area contributed by atoms with Crippen molar-refractivity contribution in [3.05, 3.63) is 81.9 Å². The van der Waals surface area contributed by atoms with Gasteiger partial charge in [0, 0.05) is 5.56 Å². The van der Waals surface area contributed by atoms with Crippen LogP contribution in [0, 0.1) is 0 Å². The molecule has 0 spiro atoms. The highest BCUT2D eigenvalue weighted by Gasteiger charge is 2.12. The van der Waals surface area contributed by atoms with E-state index in [0.29, 0.717) is 10.6 Å². The molecule has 1 nitrogen and oxygen atoms in total. The van der Waals surface area contributed by atoms with Crippen molar-refractivity contribution in [2.75, 3.05) is 0 Å². The zero-order chi connectivity index (χ0) is 14.5. The van der Waals surface area contributed by atoms with Crippen molar-refractivity contribution in [2.24, 2.45) is 0 Å². The molecule has 100 valence electrons. The average Bonchev–Trinajstić information content (AvgIpc) is 2.49. The molecule has 0 amide bonds. The van der Waals surface area contributed by atoms with Crippen LogP contribution >= 0.6 is 23.2 Å². The summed E-state index contributed by atoms with van der Waals surface area (Å²) < 4.78 is 0. The molecule has 0 saturated heterocycles. The third-order valence-corrected chi connectivity index (χ3v) is 3.71. The quantitative estimate of drug-likeness (QED) is 0.412. The van der Waals surface area contributed by atoms with Crippen LogP contribution in [0.2, 0.25) is 10.0 Å². The van der Waals surface area contributed by atoms with Crippen molar-refractivity contribution in [2.45, 2.75) is 0 Å². The first-order valence-corrected chi connectivity index (χ1v) is 6.77. The smallest absolute Gasteiger partial charge is 0.186 e. The lowest BCUT2D eigenvalue weighted by Crippen LogP contribution is -1.96. The predicted molar refractivity (Wildman–Crippen MR) is 86.4 cm³/mol. The molecule has 0 atom stereocenters. The summed E-state index contributed by atoms with van der Waals surface area (Å²) in [6.07, 6.45) is 5.02. The molecule has 3 heteroatoms. The van der Waals surface area contributed by atoms with E-state index in [1.165, 1.54) is 6.08 Å². The molecule has 2 aromatic rings. The van der Waals surface area contributed by atoms with Gasteiger partial charge in [-0.2, -0.15) is 0 Å². The van der Waals surface area contributed by atoms with E-state index in [-0.39, 0.29) is 10.8 Å². The highest BCUT2D eigenvalue weighted by molar-refractivity contribution is 6.45. The Hall–Kier alpha value is -1.83. The normalized spacial score (nSPS) is 10.7. The van der Waals surface area contributed by atoms with Crippen LogP contribution in [0.1, 0.15) is 21.5 Å². The maximum atomic E-state index is 11.6. The summed E-state index contributed by atoms with van der Waals surface area (Å²) in [7, 11) is 0. The van der Waals surface area contributed by atoms with Gasteiger partial charge in [0.15, 0.2) is 5.78 Å². The van der Waals surface area contributed by atoms with Crippen LogP contribution in [-0.4, -0.2) is 5.78 Å². The summed E-state index contributed by atoms with van der Waals surface area (Å²) in [4.78, 5) is 11.6. The summed E-state index contributed by atoms with van der Waals surface area (Å²) in [6, 6.07) is 13.3. The topological polar surface area (TPSA) is 17.1 Å². The molecule has 0 fully saturated rings. The molecule has 20 heavy (non-hydrogen) atoms. The monoisotopic (exact) mass is 302 g/mol. The summed E-state index contributed by atoms with van der Waals surface area (Å²) in [5, 5.41) is 0.623. The van der Waals surface area contributed by atoms with Gasteiger partial charge in [0.2, 0.25) is 0 Å². The Bertz CT molecular complexity index is 673. The minimum absolute atomic E-state index is 0.240. The largest absolute Gasteiger partial charge is 0.289 e. The molecule has 0 aromatic heterocycles.